The Labute approximate surface area is 122 Å². The molecule has 8 heteroatoms. The number of aromatic nitrogens is 1. The van der Waals surface area contributed by atoms with Crippen molar-refractivity contribution < 1.29 is 12.8 Å². The zero-order valence-corrected chi connectivity index (χ0v) is 12.4. The van der Waals surface area contributed by atoms with Crippen molar-refractivity contribution in [1.29, 1.82) is 0 Å². The summed E-state index contributed by atoms with van der Waals surface area (Å²) < 4.78 is 40.0. The number of hydrogen-bond acceptors (Lipinski definition) is 3. The first-order valence-corrected chi connectivity index (χ1v) is 7.63. The lowest BCUT2D eigenvalue weighted by atomic mass is 10.3. The van der Waals surface area contributed by atoms with Crippen LogP contribution in [-0.2, 0) is 10.0 Å². The van der Waals surface area contributed by atoms with Gasteiger partial charge in [-0.3, -0.25) is 4.72 Å². The Balaban J connectivity index is 2.38. The van der Waals surface area contributed by atoms with Crippen molar-refractivity contribution in [3.8, 4) is 0 Å². The van der Waals surface area contributed by atoms with Gasteiger partial charge >= 0.3 is 0 Å². The van der Waals surface area contributed by atoms with Crippen molar-refractivity contribution in [3.05, 3.63) is 51.8 Å². The Morgan fingerprint density at radius 1 is 1.26 bits per heavy atom. The highest BCUT2D eigenvalue weighted by atomic mass is 79.9. The SMILES string of the molecule is O=S(=O)(Nc1cc(Br)ccn1)c1ccc(F)cc1Cl. The van der Waals surface area contributed by atoms with Gasteiger partial charge in [-0.2, -0.15) is 0 Å². The molecule has 0 atom stereocenters. The van der Waals surface area contributed by atoms with E-state index in [1.54, 1.807) is 6.07 Å². The highest BCUT2D eigenvalue weighted by Gasteiger charge is 2.19. The predicted octanol–water partition coefficient (Wildman–Crippen LogP) is 3.44. The van der Waals surface area contributed by atoms with Gasteiger partial charge in [0.05, 0.1) is 5.02 Å². The van der Waals surface area contributed by atoms with E-state index < -0.39 is 15.8 Å². The molecule has 1 heterocycles. The largest absolute Gasteiger partial charge is 0.264 e. The normalized spacial score (nSPS) is 11.3. The summed E-state index contributed by atoms with van der Waals surface area (Å²) in [6.07, 6.45) is 1.44. The summed E-state index contributed by atoms with van der Waals surface area (Å²) in [5, 5.41) is -0.192. The van der Waals surface area contributed by atoms with Gasteiger partial charge in [-0.1, -0.05) is 27.5 Å². The van der Waals surface area contributed by atoms with Crippen molar-refractivity contribution in [1.82, 2.24) is 4.98 Å². The Kier molecular flexibility index (Phi) is 4.07. The molecule has 0 bridgehead atoms. The van der Waals surface area contributed by atoms with Crippen molar-refractivity contribution >= 4 is 43.4 Å². The van der Waals surface area contributed by atoms with Gasteiger partial charge in [0.1, 0.15) is 16.5 Å². The molecular weight excluding hydrogens is 359 g/mol. The molecule has 0 radical (unpaired) electrons. The number of anilines is 1. The van der Waals surface area contributed by atoms with Crippen LogP contribution in [0.3, 0.4) is 0 Å². The third-order valence-electron chi connectivity index (χ3n) is 2.14. The van der Waals surface area contributed by atoms with Crippen LogP contribution in [0, 0.1) is 5.82 Å². The molecule has 0 amide bonds. The molecule has 100 valence electrons. The van der Waals surface area contributed by atoms with Crippen LogP contribution in [0.2, 0.25) is 5.02 Å². The summed E-state index contributed by atoms with van der Waals surface area (Å²) in [6.45, 7) is 0. The molecular formula is C11H7BrClFN2O2S. The standard InChI is InChI=1S/C11H7BrClFN2O2S/c12-7-3-4-15-11(5-7)16-19(17,18)10-2-1-8(14)6-9(10)13/h1-6H,(H,15,16). The van der Waals surface area contributed by atoms with E-state index >= 15 is 0 Å². The van der Waals surface area contributed by atoms with E-state index in [0.717, 1.165) is 18.2 Å². The van der Waals surface area contributed by atoms with Gasteiger partial charge in [-0.25, -0.2) is 17.8 Å². The molecule has 4 nitrogen and oxygen atoms in total. The molecule has 0 aliphatic rings. The van der Waals surface area contributed by atoms with Crippen LogP contribution in [0.4, 0.5) is 10.2 Å². The van der Waals surface area contributed by atoms with E-state index in [2.05, 4.69) is 25.6 Å². The van der Waals surface area contributed by atoms with Crippen LogP contribution < -0.4 is 4.72 Å². The highest BCUT2D eigenvalue weighted by molar-refractivity contribution is 9.10. The third kappa shape index (κ3) is 3.43. The summed E-state index contributed by atoms with van der Waals surface area (Å²) >= 11 is 8.92. The predicted molar refractivity (Wildman–Crippen MR) is 74.2 cm³/mol. The van der Waals surface area contributed by atoms with E-state index in [0.29, 0.717) is 4.47 Å². The second-order valence-electron chi connectivity index (χ2n) is 3.54. The van der Waals surface area contributed by atoms with Crippen LogP contribution in [0.15, 0.2) is 45.9 Å². The number of halogens is 3. The number of sulfonamides is 1. The first kappa shape index (κ1) is 14.2. The number of nitrogens with zero attached hydrogens (tertiary/aromatic N) is 1. The highest BCUT2D eigenvalue weighted by Crippen LogP contribution is 2.24. The molecule has 0 saturated carbocycles. The van der Waals surface area contributed by atoms with Crippen molar-refractivity contribution in [3.63, 3.8) is 0 Å². The summed E-state index contributed by atoms with van der Waals surface area (Å²) in [5.41, 5.74) is 0. The van der Waals surface area contributed by atoms with E-state index in [1.165, 1.54) is 12.3 Å². The first-order chi connectivity index (χ1) is 8.88. The van der Waals surface area contributed by atoms with Crippen molar-refractivity contribution in [2.75, 3.05) is 4.72 Å². The monoisotopic (exact) mass is 364 g/mol. The van der Waals surface area contributed by atoms with Crippen LogP contribution in [-0.4, -0.2) is 13.4 Å². The van der Waals surface area contributed by atoms with Gasteiger partial charge in [0, 0.05) is 10.7 Å². The van der Waals surface area contributed by atoms with E-state index in [-0.39, 0.29) is 15.7 Å². The van der Waals surface area contributed by atoms with Crippen LogP contribution >= 0.6 is 27.5 Å². The van der Waals surface area contributed by atoms with Crippen molar-refractivity contribution in [2.45, 2.75) is 4.90 Å². The molecule has 0 aliphatic carbocycles. The Morgan fingerprint density at radius 3 is 2.63 bits per heavy atom. The smallest absolute Gasteiger partial charge is 0.263 e. The van der Waals surface area contributed by atoms with Gasteiger partial charge < -0.3 is 0 Å². The Hall–Kier alpha value is -1.18. The van der Waals surface area contributed by atoms with Crippen LogP contribution in [0.25, 0.3) is 0 Å². The number of nitrogens with one attached hydrogen (secondary N) is 1. The fourth-order valence-electron chi connectivity index (χ4n) is 1.35. The van der Waals surface area contributed by atoms with E-state index in [9.17, 15) is 12.8 Å². The topological polar surface area (TPSA) is 59.1 Å². The summed E-state index contributed by atoms with van der Waals surface area (Å²) in [7, 11) is -3.91. The minimum Gasteiger partial charge on any atom is -0.263 e. The summed E-state index contributed by atoms with van der Waals surface area (Å²) in [5.74, 6) is -0.473. The van der Waals surface area contributed by atoms with E-state index in [1.807, 2.05) is 0 Å². The number of rotatable bonds is 3. The Bertz CT molecular complexity index is 724. The first-order valence-electron chi connectivity index (χ1n) is 4.98. The molecule has 0 unspecified atom stereocenters. The minimum absolute atomic E-state index is 0.134. The third-order valence-corrected chi connectivity index (χ3v) is 4.48. The lowest BCUT2D eigenvalue weighted by Gasteiger charge is -2.08. The van der Waals surface area contributed by atoms with Crippen LogP contribution in [0.5, 0.6) is 0 Å². The number of pyridine rings is 1. The van der Waals surface area contributed by atoms with E-state index in [4.69, 9.17) is 11.6 Å². The lowest BCUT2D eigenvalue weighted by molar-refractivity contribution is 0.599. The Morgan fingerprint density at radius 2 is 2.00 bits per heavy atom. The zero-order chi connectivity index (χ0) is 14.0. The fraction of sp³-hybridized carbons (Fsp3) is 0. The van der Waals surface area contributed by atoms with Gasteiger partial charge in [-0.15, -0.1) is 0 Å². The molecule has 1 aromatic carbocycles. The lowest BCUT2D eigenvalue weighted by Crippen LogP contribution is -2.14. The van der Waals surface area contributed by atoms with Gasteiger partial charge in [-0.05, 0) is 30.3 Å². The molecule has 2 aromatic rings. The molecule has 0 fully saturated rings. The molecule has 1 N–H and O–H groups in total. The van der Waals surface area contributed by atoms with Gasteiger partial charge in [0.25, 0.3) is 10.0 Å². The molecule has 2 rings (SSSR count). The second-order valence-corrected chi connectivity index (χ2v) is 6.51. The molecule has 0 spiro atoms. The molecule has 19 heavy (non-hydrogen) atoms. The molecule has 1 aromatic heterocycles. The van der Waals surface area contributed by atoms with Crippen LogP contribution in [0.1, 0.15) is 0 Å². The average Bonchev–Trinajstić information content (AvgIpc) is 2.27. The maximum atomic E-state index is 12.9. The zero-order valence-electron chi connectivity index (χ0n) is 9.27. The molecule has 0 aliphatic heterocycles. The number of hydrogen-bond donors (Lipinski definition) is 1. The van der Waals surface area contributed by atoms with Gasteiger partial charge in [0.15, 0.2) is 0 Å². The summed E-state index contributed by atoms with van der Waals surface area (Å²) in [6, 6.07) is 6.20. The maximum absolute atomic E-state index is 12.9. The maximum Gasteiger partial charge on any atom is 0.264 e. The second kappa shape index (κ2) is 5.44. The number of benzene rings is 1. The quantitative estimate of drug-likeness (QED) is 0.906. The van der Waals surface area contributed by atoms with Crippen molar-refractivity contribution in [2.24, 2.45) is 0 Å². The minimum atomic E-state index is -3.91. The van der Waals surface area contributed by atoms with Gasteiger partial charge in [0.2, 0.25) is 0 Å². The average molecular weight is 366 g/mol. The fourth-order valence-corrected chi connectivity index (χ4v) is 3.21. The molecule has 0 saturated heterocycles. The summed E-state index contributed by atoms with van der Waals surface area (Å²) in [4.78, 5) is 3.65.